The number of carbonyl (C=O) groups excluding carboxylic acids is 1. The number of para-hydroxylation sites is 2. The molecular weight excluding hydrogens is 397 g/mol. The van der Waals surface area contributed by atoms with Crippen molar-refractivity contribution in [3.05, 3.63) is 62.2 Å². The number of nitro groups is 1. The number of anilines is 2. The Hall–Kier alpha value is -2.16. The van der Waals surface area contributed by atoms with Gasteiger partial charge in [0.05, 0.1) is 4.92 Å². The van der Waals surface area contributed by atoms with E-state index in [0.717, 1.165) is 9.26 Å². The summed E-state index contributed by atoms with van der Waals surface area (Å²) in [5.74, 6) is -0.146. The van der Waals surface area contributed by atoms with Crippen LogP contribution in [0.2, 0.25) is 0 Å². The predicted octanol–water partition coefficient (Wildman–Crippen LogP) is 3.64. The highest BCUT2D eigenvalue weighted by atomic mass is 127. The van der Waals surface area contributed by atoms with Crippen molar-refractivity contribution in [2.45, 2.75) is 6.42 Å². The zero-order valence-electron chi connectivity index (χ0n) is 11.6. The predicted molar refractivity (Wildman–Crippen MR) is 94.0 cm³/mol. The minimum absolute atomic E-state index is 0.000503. The number of benzene rings is 2. The largest absolute Gasteiger partial charge is 0.379 e. The van der Waals surface area contributed by atoms with E-state index < -0.39 is 4.92 Å². The molecule has 0 atom stereocenters. The number of hydrogen-bond donors (Lipinski definition) is 2. The van der Waals surface area contributed by atoms with E-state index >= 15 is 0 Å². The summed E-state index contributed by atoms with van der Waals surface area (Å²) >= 11 is 2.19. The Kier molecular flexibility index (Phi) is 5.70. The van der Waals surface area contributed by atoms with E-state index in [1.54, 1.807) is 18.2 Å². The van der Waals surface area contributed by atoms with Gasteiger partial charge in [0, 0.05) is 28.3 Å². The molecule has 0 aliphatic rings. The van der Waals surface area contributed by atoms with Gasteiger partial charge in [0.25, 0.3) is 5.69 Å². The van der Waals surface area contributed by atoms with E-state index in [9.17, 15) is 14.9 Å². The molecule has 0 spiro atoms. The van der Waals surface area contributed by atoms with Gasteiger partial charge < -0.3 is 10.6 Å². The molecule has 6 nitrogen and oxygen atoms in total. The van der Waals surface area contributed by atoms with Gasteiger partial charge in [-0.1, -0.05) is 12.1 Å². The molecular formula is C15H14IN3O3. The van der Waals surface area contributed by atoms with E-state index in [2.05, 4.69) is 33.2 Å². The van der Waals surface area contributed by atoms with Crippen molar-refractivity contribution in [2.75, 3.05) is 17.2 Å². The summed E-state index contributed by atoms with van der Waals surface area (Å²) in [6, 6.07) is 13.8. The van der Waals surface area contributed by atoms with Crippen molar-refractivity contribution in [1.29, 1.82) is 0 Å². The first-order valence-corrected chi connectivity index (χ1v) is 7.67. The summed E-state index contributed by atoms with van der Waals surface area (Å²) in [6.45, 7) is 0.320. The summed E-state index contributed by atoms with van der Waals surface area (Å²) in [5.41, 5.74) is 1.14. The first-order chi connectivity index (χ1) is 10.6. The van der Waals surface area contributed by atoms with Crippen LogP contribution in [0.15, 0.2) is 48.5 Å². The Balaban J connectivity index is 1.85. The van der Waals surface area contributed by atoms with Gasteiger partial charge in [0.2, 0.25) is 5.91 Å². The molecule has 0 unspecified atom stereocenters. The van der Waals surface area contributed by atoms with Gasteiger partial charge in [-0.25, -0.2) is 0 Å². The van der Waals surface area contributed by atoms with Crippen LogP contribution in [-0.4, -0.2) is 17.4 Å². The van der Waals surface area contributed by atoms with Gasteiger partial charge in [-0.15, -0.1) is 0 Å². The zero-order valence-corrected chi connectivity index (χ0v) is 13.7. The lowest BCUT2D eigenvalue weighted by molar-refractivity contribution is -0.384. The highest BCUT2D eigenvalue weighted by Gasteiger charge is 2.12. The lowest BCUT2D eigenvalue weighted by Crippen LogP contribution is -2.16. The quantitative estimate of drug-likeness (QED) is 0.432. The van der Waals surface area contributed by atoms with Gasteiger partial charge in [-0.05, 0) is 52.9 Å². The van der Waals surface area contributed by atoms with Crippen molar-refractivity contribution in [2.24, 2.45) is 0 Å². The Morgan fingerprint density at radius 1 is 1.14 bits per heavy atom. The van der Waals surface area contributed by atoms with Crippen LogP contribution >= 0.6 is 22.6 Å². The monoisotopic (exact) mass is 411 g/mol. The molecule has 0 aliphatic heterocycles. The zero-order chi connectivity index (χ0) is 15.9. The van der Waals surface area contributed by atoms with Crippen molar-refractivity contribution in [1.82, 2.24) is 0 Å². The number of nitro benzene ring substituents is 1. The van der Waals surface area contributed by atoms with E-state index in [-0.39, 0.29) is 18.0 Å². The molecule has 1 amide bonds. The second kappa shape index (κ2) is 7.74. The maximum Gasteiger partial charge on any atom is 0.292 e. The summed E-state index contributed by atoms with van der Waals surface area (Å²) in [5, 5.41) is 16.6. The number of halogens is 1. The third-order valence-corrected chi connectivity index (χ3v) is 3.62. The molecule has 0 aromatic heterocycles. The molecule has 2 N–H and O–H groups in total. The summed E-state index contributed by atoms with van der Waals surface area (Å²) in [6.07, 6.45) is 0.220. The average Bonchev–Trinajstić information content (AvgIpc) is 2.50. The highest BCUT2D eigenvalue weighted by Crippen LogP contribution is 2.22. The molecule has 7 heteroatoms. The van der Waals surface area contributed by atoms with Gasteiger partial charge >= 0.3 is 0 Å². The number of hydrogen-bond acceptors (Lipinski definition) is 4. The fourth-order valence-electron chi connectivity index (χ4n) is 1.85. The molecule has 2 rings (SSSR count). The lowest BCUT2D eigenvalue weighted by Gasteiger charge is -2.08. The van der Waals surface area contributed by atoms with Gasteiger partial charge in [-0.3, -0.25) is 14.9 Å². The van der Waals surface area contributed by atoms with Crippen LogP contribution in [0.5, 0.6) is 0 Å². The van der Waals surface area contributed by atoms with E-state index in [1.807, 2.05) is 24.3 Å². The minimum atomic E-state index is -0.450. The molecule has 2 aromatic rings. The molecule has 114 valence electrons. The molecule has 0 fully saturated rings. The van der Waals surface area contributed by atoms with Crippen LogP contribution in [0.1, 0.15) is 6.42 Å². The van der Waals surface area contributed by atoms with Gasteiger partial charge in [0.1, 0.15) is 5.69 Å². The van der Waals surface area contributed by atoms with Crippen molar-refractivity contribution < 1.29 is 9.72 Å². The molecule has 0 bridgehead atoms. The number of carbonyl (C=O) groups is 1. The molecule has 0 saturated carbocycles. The van der Waals surface area contributed by atoms with Crippen LogP contribution in [-0.2, 0) is 4.79 Å². The second-order valence-corrected chi connectivity index (χ2v) is 5.75. The smallest absolute Gasteiger partial charge is 0.292 e. The second-order valence-electron chi connectivity index (χ2n) is 4.51. The Morgan fingerprint density at radius 3 is 2.50 bits per heavy atom. The number of amides is 1. The van der Waals surface area contributed by atoms with Crippen molar-refractivity contribution in [3.8, 4) is 0 Å². The van der Waals surface area contributed by atoms with Crippen LogP contribution in [0, 0.1) is 13.7 Å². The van der Waals surface area contributed by atoms with Crippen LogP contribution in [0.3, 0.4) is 0 Å². The van der Waals surface area contributed by atoms with Crippen LogP contribution in [0.4, 0.5) is 17.1 Å². The maximum absolute atomic E-state index is 11.8. The van der Waals surface area contributed by atoms with Gasteiger partial charge in [0.15, 0.2) is 0 Å². The Bertz CT molecular complexity index is 674. The summed E-state index contributed by atoms with van der Waals surface area (Å²) in [7, 11) is 0. The third-order valence-electron chi connectivity index (χ3n) is 2.90. The van der Waals surface area contributed by atoms with Crippen molar-refractivity contribution in [3.63, 3.8) is 0 Å². The fraction of sp³-hybridized carbons (Fsp3) is 0.133. The lowest BCUT2D eigenvalue weighted by atomic mass is 10.2. The average molecular weight is 411 g/mol. The van der Waals surface area contributed by atoms with E-state index in [0.29, 0.717) is 12.2 Å². The summed E-state index contributed by atoms with van der Waals surface area (Å²) < 4.78 is 1.09. The van der Waals surface area contributed by atoms with Crippen molar-refractivity contribution >= 4 is 45.6 Å². The molecule has 0 saturated heterocycles. The standard InChI is InChI=1S/C15H14IN3O3/c16-11-5-7-12(8-6-11)18-15(20)9-10-17-13-3-1-2-4-14(13)19(21)22/h1-8,17H,9-10H2,(H,18,20). The van der Waals surface area contributed by atoms with E-state index in [1.165, 1.54) is 6.07 Å². The molecule has 0 heterocycles. The minimum Gasteiger partial charge on any atom is -0.379 e. The Morgan fingerprint density at radius 2 is 1.82 bits per heavy atom. The molecule has 2 aromatic carbocycles. The molecule has 0 radical (unpaired) electrons. The van der Waals surface area contributed by atoms with Crippen LogP contribution < -0.4 is 10.6 Å². The molecule has 22 heavy (non-hydrogen) atoms. The van der Waals surface area contributed by atoms with Gasteiger partial charge in [-0.2, -0.15) is 0 Å². The highest BCUT2D eigenvalue weighted by molar-refractivity contribution is 14.1. The molecule has 0 aliphatic carbocycles. The maximum atomic E-state index is 11.8. The van der Waals surface area contributed by atoms with E-state index in [4.69, 9.17) is 0 Å². The topological polar surface area (TPSA) is 84.3 Å². The third kappa shape index (κ3) is 4.69. The van der Waals surface area contributed by atoms with Crippen LogP contribution in [0.25, 0.3) is 0 Å². The SMILES string of the molecule is O=C(CCNc1ccccc1[N+](=O)[O-])Nc1ccc(I)cc1. The normalized spacial score (nSPS) is 10.0. The number of nitrogens with one attached hydrogen (secondary N) is 2. The number of nitrogens with zero attached hydrogens (tertiary/aromatic N) is 1. The first kappa shape index (κ1) is 16.2. The first-order valence-electron chi connectivity index (χ1n) is 6.59. The number of rotatable bonds is 6. The Labute approximate surface area is 141 Å². The fourth-order valence-corrected chi connectivity index (χ4v) is 2.21. The summed E-state index contributed by atoms with van der Waals surface area (Å²) in [4.78, 5) is 22.2.